The summed E-state index contributed by atoms with van der Waals surface area (Å²) in [7, 11) is 1.35. The molecule has 5 atom stereocenters. The lowest BCUT2D eigenvalue weighted by Crippen LogP contribution is -2.58. The van der Waals surface area contributed by atoms with Crippen molar-refractivity contribution < 1.29 is 42.9 Å². The van der Waals surface area contributed by atoms with Gasteiger partial charge in [-0.3, -0.25) is 4.79 Å². The highest BCUT2D eigenvalue weighted by molar-refractivity contribution is 5.92. The lowest BCUT2D eigenvalue weighted by molar-refractivity contribution is -0.148. The second-order valence-electron chi connectivity index (χ2n) is 9.35. The number of methoxy groups -OCH3 is 1. The van der Waals surface area contributed by atoms with Crippen LogP contribution in [0.2, 0.25) is 0 Å². The van der Waals surface area contributed by atoms with E-state index in [0.29, 0.717) is 5.56 Å². The molecular weight excluding hydrogens is 530 g/mol. The fraction of sp³-hybridized carbons (Fsp3) is 0.226. The van der Waals surface area contributed by atoms with Gasteiger partial charge in [0.05, 0.1) is 16.7 Å². The Morgan fingerprint density at radius 1 is 0.756 bits per heavy atom. The molecule has 0 spiro atoms. The molecule has 1 saturated heterocycles. The minimum atomic E-state index is -1.56. The Balaban J connectivity index is 1.48. The zero-order chi connectivity index (χ0) is 28.8. The first-order valence-corrected chi connectivity index (χ1v) is 12.9. The van der Waals surface area contributed by atoms with Gasteiger partial charge in [0.15, 0.2) is 24.0 Å². The summed E-state index contributed by atoms with van der Waals surface area (Å²) in [6.07, 6.45) is -2.10. The number of amides is 1. The van der Waals surface area contributed by atoms with Crippen molar-refractivity contribution in [1.82, 2.24) is 5.32 Å². The number of hydrogen-bond donors (Lipinski definition) is 1. The average Bonchev–Trinajstić information content (AvgIpc) is 3.57. The van der Waals surface area contributed by atoms with Crippen LogP contribution in [0.5, 0.6) is 0 Å². The molecule has 10 heteroatoms. The lowest BCUT2D eigenvalue weighted by atomic mass is 9.98. The molecule has 10 nitrogen and oxygen atoms in total. The van der Waals surface area contributed by atoms with Crippen LogP contribution in [0.4, 0.5) is 0 Å². The van der Waals surface area contributed by atoms with Crippen LogP contribution < -0.4 is 5.32 Å². The lowest BCUT2D eigenvalue weighted by Gasteiger charge is -2.35. The third kappa shape index (κ3) is 6.03. The molecule has 2 aliphatic heterocycles. The first-order chi connectivity index (χ1) is 19.9. The maximum Gasteiger partial charge on any atom is 0.338 e. The number of nitrogens with one attached hydrogen (secondary N) is 1. The van der Waals surface area contributed by atoms with E-state index in [-0.39, 0.29) is 17.7 Å². The van der Waals surface area contributed by atoms with Gasteiger partial charge in [-0.05, 0) is 42.5 Å². The minimum Gasteiger partial charge on any atom is -0.459 e. The summed E-state index contributed by atoms with van der Waals surface area (Å²) in [5, 5.41) is 2.68. The van der Waals surface area contributed by atoms with E-state index >= 15 is 0 Å². The molecule has 1 unspecified atom stereocenters. The van der Waals surface area contributed by atoms with Crippen molar-refractivity contribution in [2.75, 3.05) is 13.7 Å². The van der Waals surface area contributed by atoms with Crippen LogP contribution in [0.15, 0.2) is 103 Å². The Morgan fingerprint density at radius 2 is 1.24 bits per heavy atom. The van der Waals surface area contributed by atoms with Gasteiger partial charge in [0, 0.05) is 13.2 Å². The second-order valence-corrected chi connectivity index (χ2v) is 9.35. The van der Waals surface area contributed by atoms with Crippen molar-refractivity contribution in [1.29, 1.82) is 0 Å². The van der Waals surface area contributed by atoms with Gasteiger partial charge >= 0.3 is 17.9 Å². The molecule has 0 saturated carbocycles. The summed E-state index contributed by atoms with van der Waals surface area (Å²) in [5.74, 6) is -2.51. The number of hydrogen-bond acceptors (Lipinski definition) is 9. The molecule has 3 aromatic rings. The molecule has 5 rings (SSSR count). The number of benzene rings is 3. The van der Waals surface area contributed by atoms with Crippen LogP contribution in [0.3, 0.4) is 0 Å². The average molecular weight is 558 g/mol. The fourth-order valence-electron chi connectivity index (χ4n) is 4.70. The Bertz CT molecular complexity index is 1430. The molecule has 1 N–H and O–H groups in total. The molecule has 210 valence electrons. The molecule has 0 radical (unpaired) electrons. The summed E-state index contributed by atoms with van der Waals surface area (Å²) in [4.78, 5) is 51.4. The minimum absolute atomic E-state index is 0.246. The van der Waals surface area contributed by atoms with E-state index < -0.39 is 54.0 Å². The highest BCUT2D eigenvalue weighted by atomic mass is 16.7. The predicted octanol–water partition coefficient (Wildman–Crippen LogP) is 3.09. The molecule has 0 aliphatic carbocycles. The Hall–Kier alpha value is -4.80. The summed E-state index contributed by atoms with van der Waals surface area (Å²) in [6.45, 7) is -0.353. The normalized spacial score (nSPS) is 24.9. The predicted molar refractivity (Wildman–Crippen MR) is 144 cm³/mol. The summed E-state index contributed by atoms with van der Waals surface area (Å²) >= 11 is 0. The molecule has 0 aromatic heterocycles. The van der Waals surface area contributed by atoms with E-state index in [4.69, 9.17) is 23.7 Å². The van der Waals surface area contributed by atoms with Crippen molar-refractivity contribution >= 4 is 23.8 Å². The van der Waals surface area contributed by atoms with E-state index in [0.717, 1.165) is 0 Å². The number of ether oxygens (including phenoxy) is 5. The molecule has 3 aromatic carbocycles. The highest BCUT2D eigenvalue weighted by Gasteiger charge is 2.59. The molecule has 41 heavy (non-hydrogen) atoms. The van der Waals surface area contributed by atoms with Crippen LogP contribution in [0.1, 0.15) is 31.1 Å². The summed E-state index contributed by atoms with van der Waals surface area (Å²) in [5.41, 5.74) is -0.754. The Kier molecular flexibility index (Phi) is 8.23. The zero-order valence-corrected chi connectivity index (χ0v) is 22.0. The van der Waals surface area contributed by atoms with Crippen molar-refractivity contribution in [3.05, 3.63) is 120 Å². The first kappa shape index (κ1) is 27.8. The van der Waals surface area contributed by atoms with Gasteiger partial charge in [0.25, 0.3) is 0 Å². The SMILES string of the molecule is COC1([C@@H]2O[C@H](COC(=O)c3ccccc3)[C@@H](OC(=O)c3ccccc3)[C@H]2OC(=O)c2ccccc2)C=CC(=O)N1. The smallest absolute Gasteiger partial charge is 0.338 e. The van der Waals surface area contributed by atoms with Crippen molar-refractivity contribution in [3.63, 3.8) is 0 Å². The Morgan fingerprint density at radius 3 is 1.71 bits per heavy atom. The highest BCUT2D eigenvalue weighted by Crippen LogP contribution is 2.37. The zero-order valence-electron chi connectivity index (χ0n) is 22.0. The van der Waals surface area contributed by atoms with Gasteiger partial charge in [0.2, 0.25) is 5.91 Å². The molecule has 2 heterocycles. The Labute approximate surface area is 235 Å². The number of carbonyl (C=O) groups is 4. The van der Waals surface area contributed by atoms with Gasteiger partial charge in [-0.25, -0.2) is 14.4 Å². The molecule has 0 bridgehead atoms. The summed E-state index contributed by atoms with van der Waals surface area (Å²) in [6, 6.07) is 24.8. The molecule has 2 aliphatic rings. The van der Waals surface area contributed by atoms with Crippen LogP contribution in [-0.4, -0.2) is 67.7 Å². The largest absolute Gasteiger partial charge is 0.459 e. The monoisotopic (exact) mass is 557 g/mol. The quantitative estimate of drug-likeness (QED) is 0.312. The molecular formula is C31H27NO9. The van der Waals surface area contributed by atoms with Gasteiger partial charge in [0.1, 0.15) is 12.7 Å². The van der Waals surface area contributed by atoms with Crippen LogP contribution >= 0.6 is 0 Å². The van der Waals surface area contributed by atoms with Crippen molar-refractivity contribution in [2.24, 2.45) is 0 Å². The van der Waals surface area contributed by atoms with Gasteiger partial charge in [-0.2, -0.15) is 0 Å². The van der Waals surface area contributed by atoms with E-state index in [1.807, 2.05) is 0 Å². The van der Waals surface area contributed by atoms with Gasteiger partial charge in [-0.15, -0.1) is 0 Å². The topological polar surface area (TPSA) is 126 Å². The maximum atomic E-state index is 13.2. The van der Waals surface area contributed by atoms with Crippen LogP contribution in [0, 0.1) is 0 Å². The van der Waals surface area contributed by atoms with Gasteiger partial charge in [-0.1, -0.05) is 54.6 Å². The second kappa shape index (κ2) is 12.2. The summed E-state index contributed by atoms with van der Waals surface area (Å²) < 4.78 is 29.2. The van der Waals surface area contributed by atoms with E-state index in [1.54, 1.807) is 91.0 Å². The van der Waals surface area contributed by atoms with Crippen molar-refractivity contribution in [3.8, 4) is 0 Å². The third-order valence-electron chi connectivity index (χ3n) is 6.76. The first-order valence-electron chi connectivity index (χ1n) is 12.9. The third-order valence-corrected chi connectivity index (χ3v) is 6.76. The maximum absolute atomic E-state index is 13.2. The van der Waals surface area contributed by atoms with E-state index in [9.17, 15) is 19.2 Å². The van der Waals surface area contributed by atoms with Crippen LogP contribution in [0.25, 0.3) is 0 Å². The van der Waals surface area contributed by atoms with Gasteiger partial charge < -0.3 is 29.0 Å². The molecule has 1 fully saturated rings. The van der Waals surface area contributed by atoms with E-state index in [2.05, 4.69) is 5.32 Å². The standard InChI is InChI=1S/C31H27NO9/c1-37-31(18-17-24(33)32-31)27-26(41-30(36)22-15-9-4-10-16-22)25(40-29(35)21-13-7-3-8-14-21)23(39-27)19-38-28(34)20-11-5-2-6-12-20/h2-18,23,25-27H,19H2,1H3,(H,32,33)/t23-,25-,26-,27-,31?/m1/s1. The van der Waals surface area contributed by atoms with Crippen LogP contribution in [-0.2, 0) is 28.5 Å². The fourth-order valence-corrected chi connectivity index (χ4v) is 4.70. The number of rotatable bonds is 9. The number of esters is 3. The van der Waals surface area contributed by atoms with E-state index in [1.165, 1.54) is 19.3 Å². The number of carbonyl (C=O) groups excluding carboxylic acids is 4. The molecule has 1 amide bonds. The van der Waals surface area contributed by atoms with Crippen molar-refractivity contribution in [2.45, 2.75) is 30.1 Å².